The highest BCUT2D eigenvalue weighted by atomic mass is 16.1. The van der Waals surface area contributed by atoms with Crippen LogP contribution < -0.4 is 11.1 Å². The third kappa shape index (κ3) is 6.71. The summed E-state index contributed by atoms with van der Waals surface area (Å²) in [6.07, 6.45) is 1.26. The first kappa shape index (κ1) is 16.7. The van der Waals surface area contributed by atoms with Gasteiger partial charge in [0.05, 0.1) is 0 Å². The number of carbonyl (C=O) groups is 1. The maximum atomic E-state index is 11.9. The molecular formula is C17H28N2O. The van der Waals surface area contributed by atoms with E-state index in [4.69, 9.17) is 5.73 Å². The number of carbonyl (C=O) groups excluding carboxylic acids is 1. The average molecular weight is 276 g/mol. The molecule has 0 aromatic heterocycles. The zero-order chi connectivity index (χ0) is 15.2. The van der Waals surface area contributed by atoms with Crippen molar-refractivity contribution in [2.75, 3.05) is 6.54 Å². The molecule has 2 unspecified atom stereocenters. The topological polar surface area (TPSA) is 55.1 Å². The van der Waals surface area contributed by atoms with Gasteiger partial charge in [0.2, 0.25) is 5.91 Å². The van der Waals surface area contributed by atoms with Gasteiger partial charge in [0.15, 0.2) is 0 Å². The van der Waals surface area contributed by atoms with Gasteiger partial charge in [-0.15, -0.1) is 0 Å². The summed E-state index contributed by atoms with van der Waals surface area (Å²) in [4.78, 5) is 11.9. The number of benzene rings is 1. The number of nitrogens with two attached hydrogens (primary N) is 1. The molecular weight excluding hydrogens is 248 g/mol. The third-order valence-electron chi connectivity index (χ3n) is 3.30. The molecule has 3 heteroatoms. The predicted octanol–water partition coefficient (Wildman–Crippen LogP) is 3.06. The van der Waals surface area contributed by atoms with Gasteiger partial charge in [0.25, 0.3) is 0 Å². The van der Waals surface area contributed by atoms with Gasteiger partial charge in [0.1, 0.15) is 0 Å². The minimum atomic E-state index is -0.0676. The maximum absolute atomic E-state index is 11.9. The molecule has 0 saturated heterocycles. The summed E-state index contributed by atoms with van der Waals surface area (Å²) in [5.41, 5.74) is 7.42. The average Bonchev–Trinajstić information content (AvgIpc) is 2.34. The molecule has 1 aromatic carbocycles. The van der Waals surface area contributed by atoms with E-state index >= 15 is 0 Å². The molecule has 1 rings (SSSR count). The van der Waals surface area contributed by atoms with Crippen molar-refractivity contribution in [3.63, 3.8) is 0 Å². The highest BCUT2D eigenvalue weighted by Crippen LogP contribution is 2.21. The molecule has 1 amide bonds. The van der Waals surface area contributed by atoms with Gasteiger partial charge >= 0.3 is 0 Å². The van der Waals surface area contributed by atoms with E-state index in [9.17, 15) is 4.79 Å². The van der Waals surface area contributed by atoms with Crippen molar-refractivity contribution in [1.82, 2.24) is 5.32 Å². The Morgan fingerprint density at radius 2 is 1.85 bits per heavy atom. The van der Waals surface area contributed by atoms with Gasteiger partial charge in [-0.2, -0.15) is 0 Å². The predicted molar refractivity (Wildman–Crippen MR) is 84.5 cm³/mol. The van der Waals surface area contributed by atoms with E-state index in [-0.39, 0.29) is 17.4 Å². The number of rotatable bonds is 6. The lowest BCUT2D eigenvalue weighted by atomic mass is 9.87. The van der Waals surface area contributed by atoms with Crippen molar-refractivity contribution < 1.29 is 4.79 Å². The number of nitrogens with one attached hydrogen (secondary N) is 1. The first-order valence-corrected chi connectivity index (χ1v) is 7.35. The summed E-state index contributed by atoms with van der Waals surface area (Å²) in [6.45, 7) is 9.20. The fraction of sp³-hybridized carbons (Fsp3) is 0.588. The van der Waals surface area contributed by atoms with E-state index in [1.54, 1.807) is 0 Å². The molecule has 20 heavy (non-hydrogen) atoms. The largest absolute Gasteiger partial charge is 0.355 e. The number of hydrogen-bond acceptors (Lipinski definition) is 2. The SMILES string of the molecule is CC(CNC(=O)CC(N)CC(C)(C)C)c1ccccc1. The Labute approximate surface area is 122 Å². The fourth-order valence-electron chi connectivity index (χ4n) is 2.34. The van der Waals surface area contributed by atoms with E-state index in [0.717, 1.165) is 6.42 Å². The summed E-state index contributed by atoms with van der Waals surface area (Å²) in [6, 6.07) is 10.1. The standard InChI is InChI=1S/C17H28N2O/c1-13(14-8-6-5-7-9-14)12-19-16(20)10-15(18)11-17(2,3)4/h5-9,13,15H,10-12,18H2,1-4H3,(H,19,20). The van der Waals surface area contributed by atoms with Crippen molar-refractivity contribution >= 4 is 5.91 Å². The van der Waals surface area contributed by atoms with Crippen LogP contribution in [-0.4, -0.2) is 18.5 Å². The lowest BCUT2D eigenvalue weighted by Gasteiger charge is -2.23. The van der Waals surface area contributed by atoms with E-state index in [1.165, 1.54) is 5.56 Å². The van der Waals surface area contributed by atoms with E-state index in [0.29, 0.717) is 18.9 Å². The third-order valence-corrected chi connectivity index (χ3v) is 3.30. The zero-order valence-electron chi connectivity index (χ0n) is 13.1. The van der Waals surface area contributed by atoms with Crippen LogP contribution in [0.3, 0.4) is 0 Å². The summed E-state index contributed by atoms with van der Waals surface area (Å²) in [5, 5.41) is 2.98. The summed E-state index contributed by atoms with van der Waals surface area (Å²) in [5.74, 6) is 0.364. The molecule has 0 aliphatic carbocycles. The molecule has 0 heterocycles. The van der Waals surface area contributed by atoms with Crippen LogP contribution in [0.4, 0.5) is 0 Å². The lowest BCUT2D eigenvalue weighted by molar-refractivity contribution is -0.121. The Morgan fingerprint density at radius 1 is 1.25 bits per heavy atom. The van der Waals surface area contributed by atoms with Gasteiger partial charge in [-0.25, -0.2) is 0 Å². The molecule has 3 nitrogen and oxygen atoms in total. The molecule has 0 aliphatic heterocycles. The molecule has 0 radical (unpaired) electrons. The number of amides is 1. The molecule has 2 atom stereocenters. The van der Waals surface area contributed by atoms with Crippen LogP contribution in [0.15, 0.2) is 30.3 Å². The Hall–Kier alpha value is -1.35. The van der Waals surface area contributed by atoms with Gasteiger partial charge in [-0.1, -0.05) is 58.0 Å². The highest BCUT2D eigenvalue weighted by molar-refractivity contribution is 5.76. The van der Waals surface area contributed by atoms with Gasteiger partial charge in [0, 0.05) is 19.0 Å². The molecule has 0 aliphatic rings. The minimum absolute atomic E-state index is 0.0459. The van der Waals surface area contributed by atoms with E-state index in [2.05, 4.69) is 45.1 Å². The van der Waals surface area contributed by atoms with Crippen LogP contribution in [0.1, 0.15) is 52.0 Å². The molecule has 112 valence electrons. The van der Waals surface area contributed by atoms with Crippen LogP contribution in [0.2, 0.25) is 0 Å². The Balaban J connectivity index is 2.33. The zero-order valence-corrected chi connectivity index (χ0v) is 13.1. The second-order valence-electron chi connectivity index (χ2n) is 6.84. The second-order valence-corrected chi connectivity index (χ2v) is 6.84. The molecule has 0 saturated carbocycles. The fourth-order valence-corrected chi connectivity index (χ4v) is 2.34. The smallest absolute Gasteiger partial charge is 0.221 e. The van der Waals surface area contributed by atoms with Crippen molar-refractivity contribution in [2.45, 2.75) is 52.5 Å². The van der Waals surface area contributed by atoms with Crippen molar-refractivity contribution in [1.29, 1.82) is 0 Å². The lowest BCUT2D eigenvalue weighted by Crippen LogP contribution is -2.35. The van der Waals surface area contributed by atoms with Crippen molar-refractivity contribution in [3.8, 4) is 0 Å². The molecule has 1 aromatic rings. The minimum Gasteiger partial charge on any atom is -0.355 e. The van der Waals surface area contributed by atoms with Gasteiger partial charge in [-0.05, 0) is 23.3 Å². The van der Waals surface area contributed by atoms with Crippen molar-refractivity contribution in [3.05, 3.63) is 35.9 Å². The van der Waals surface area contributed by atoms with Crippen LogP contribution >= 0.6 is 0 Å². The molecule has 0 fully saturated rings. The second kappa shape index (κ2) is 7.44. The Kier molecular flexibility index (Phi) is 6.21. The molecule has 0 bridgehead atoms. The van der Waals surface area contributed by atoms with Gasteiger partial charge < -0.3 is 11.1 Å². The molecule has 0 spiro atoms. The Morgan fingerprint density at radius 3 is 2.40 bits per heavy atom. The summed E-state index contributed by atoms with van der Waals surface area (Å²) >= 11 is 0. The Bertz CT molecular complexity index is 409. The summed E-state index contributed by atoms with van der Waals surface area (Å²) in [7, 11) is 0. The van der Waals surface area contributed by atoms with Crippen LogP contribution in [0.5, 0.6) is 0 Å². The van der Waals surface area contributed by atoms with Gasteiger partial charge in [-0.3, -0.25) is 4.79 Å². The maximum Gasteiger partial charge on any atom is 0.221 e. The van der Waals surface area contributed by atoms with E-state index < -0.39 is 0 Å². The normalized spacial score (nSPS) is 14.7. The molecule has 3 N–H and O–H groups in total. The van der Waals surface area contributed by atoms with E-state index in [1.807, 2.05) is 18.2 Å². The van der Waals surface area contributed by atoms with Crippen LogP contribution in [0, 0.1) is 5.41 Å². The number of hydrogen-bond donors (Lipinski definition) is 2. The monoisotopic (exact) mass is 276 g/mol. The highest BCUT2D eigenvalue weighted by Gasteiger charge is 2.18. The quantitative estimate of drug-likeness (QED) is 0.839. The first-order valence-electron chi connectivity index (χ1n) is 7.35. The van der Waals surface area contributed by atoms with Crippen molar-refractivity contribution in [2.24, 2.45) is 11.1 Å². The first-order chi connectivity index (χ1) is 9.28. The van der Waals surface area contributed by atoms with Crippen LogP contribution in [-0.2, 0) is 4.79 Å². The van der Waals surface area contributed by atoms with Crippen LogP contribution in [0.25, 0.3) is 0 Å². The summed E-state index contributed by atoms with van der Waals surface area (Å²) < 4.78 is 0.